The molecule has 0 unspecified atom stereocenters. The Morgan fingerprint density at radius 2 is 2.00 bits per heavy atom. The number of aryl methyl sites for hydroxylation is 1. The minimum Gasteiger partial charge on any atom is -0.489 e. The van der Waals surface area contributed by atoms with Gasteiger partial charge >= 0.3 is 0 Å². The maximum Gasteiger partial charge on any atom is 0.246 e. The maximum absolute atomic E-state index is 12.4. The van der Waals surface area contributed by atoms with Crippen LogP contribution in [0.5, 0.6) is 11.5 Å². The summed E-state index contributed by atoms with van der Waals surface area (Å²) in [6.45, 7) is 3.79. The second kappa shape index (κ2) is 8.28. The van der Waals surface area contributed by atoms with Gasteiger partial charge in [-0.15, -0.1) is 0 Å². The molecule has 0 spiro atoms. The first-order chi connectivity index (χ1) is 12.5. The van der Waals surface area contributed by atoms with Gasteiger partial charge < -0.3 is 14.4 Å². The molecule has 0 saturated heterocycles. The average molecular weight is 372 g/mol. The lowest BCUT2D eigenvalue weighted by Crippen LogP contribution is -2.24. The lowest BCUT2D eigenvalue weighted by atomic mass is 10.1. The standard InChI is InChI=1S/C21H22ClNO3/c1-15-6-3-4-7-17(15)14-23(2)20(24)9-8-16-12-18(22)21-19(13-16)25-10-5-11-26-21/h3-4,6-9,12-13H,5,10-11,14H2,1-2H3/b9-8+. The molecular weight excluding hydrogens is 350 g/mol. The molecule has 1 aliphatic rings. The van der Waals surface area contributed by atoms with Gasteiger partial charge in [0.2, 0.25) is 5.91 Å². The molecule has 3 rings (SSSR count). The Labute approximate surface area is 159 Å². The highest BCUT2D eigenvalue weighted by atomic mass is 35.5. The average Bonchev–Trinajstić information content (AvgIpc) is 2.87. The molecule has 4 nitrogen and oxygen atoms in total. The molecule has 0 N–H and O–H groups in total. The van der Waals surface area contributed by atoms with E-state index in [2.05, 4.69) is 0 Å². The summed E-state index contributed by atoms with van der Waals surface area (Å²) in [6.07, 6.45) is 4.11. The van der Waals surface area contributed by atoms with E-state index in [1.54, 1.807) is 30.2 Å². The van der Waals surface area contributed by atoms with E-state index < -0.39 is 0 Å². The van der Waals surface area contributed by atoms with Crippen molar-refractivity contribution in [1.82, 2.24) is 4.90 Å². The summed E-state index contributed by atoms with van der Waals surface area (Å²) >= 11 is 6.29. The summed E-state index contributed by atoms with van der Waals surface area (Å²) in [5.41, 5.74) is 3.11. The molecule has 0 saturated carbocycles. The quantitative estimate of drug-likeness (QED) is 0.744. The topological polar surface area (TPSA) is 38.8 Å². The van der Waals surface area contributed by atoms with Crippen LogP contribution in [0.15, 0.2) is 42.5 Å². The number of nitrogens with zero attached hydrogens (tertiary/aromatic N) is 1. The van der Waals surface area contributed by atoms with E-state index in [1.807, 2.05) is 37.3 Å². The Kier molecular flexibility index (Phi) is 5.84. The fourth-order valence-electron chi connectivity index (χ4n) is 2.76. The molecule has 1 amide bonds. The van der Waals surface area contributed by atoms with Crippen LogP contribution in [-0.4, -0.2) is 31.1 Å². The Bertz CT molecular complexity index is 832. The fourth-order valence-corrected chi connectivity index (χ4v) is 3.04. The maximum atomic E-state index is 12.4. The van der Waals surface area contributed by atoms with Gasteiger partial charge in [0.05, 0.1) is 18.2 Å². The number of rotatable bonds is 4. The zero-order valence-electron chi connectivity index (χ0n) is 15.0. The molecule has 0 fully saturated rings. The number of likely N-dealkylation sites (N-methyl/N-ethyl adjacent to an activating group) is 1. The van der Waals surface area contributed by atoms with E-state index in [0.29, 0.717) is 36.3 Å². The molecule has 2 aromatic carbocycles. The molecule has 0 aromatic heterocycles. The van der Waals surface area contributed by atoms with Gasteiger partial charge in [0.25, 0.3) is 0 Å². The van der Waals surface area contributed by atoms with E-state index >= 15 is 0 Å². The van der Waals surface area contributed by atoms with Crippen molar-refractivity contribution in [2.45, 2.75) is 19.9 Å². The minimum absolute atomic E-state index is 0.0727. The molecule has 2 aromatic rings. The summed E-state index contributed by atoms with van der Waals surface area (Å²) in [5, 5.41) is 0.491. The Balaban J connectivity index is 1.71. The molecule has 0 radical (unpaired) electrons. The Morgan fingerprint density at radius 1 is 1.23 bits per heavy atom. The predicted octanol–water partition coefficient (Wildman–Crippen LogP) is 4.48. The summed E-state index contributed by atoms with van der Waals surface area (Å²) in [5.74, 6) is 1.12. The molecule has 0 aliphatic carbocycles. The zero-order valence-corrected chi connectivity index (χ0v) is 15.8. The van der Waals surface area contributed by atoms with Crippen LogP contribution in [0.2, 0.25) is 5.02 Å². The first-order valence-electron chi connectivity index (χ1n) is 8.61. The number of carbonyl (C=O) groups excluding carboxylic acids is 1. The molecule has 0 atom stereocenters. The Morgan fingerprint density at radius 3 is 2.81 bits per heavy atom. The van der Waals surface area contributed by atoms with Crippen LogP contribution in [-0.2, 0) is 11.3 Å². The molecule has 1 aliphatic heterocycles. The molecule has 1 heterocycles. The first-order valence-corrected chi connectivity index (χ1v) is 8.99. The zero-order chi connectivity index (χ0) is 18.5. The third kappa shape index (κ3) is 4.38. The van der Waals surface area contributed by atoms with Crippen molar-refractivity contribution < 1.29 is 14.3 Å². The summed E-state index contributed by atoms with van der Waals surface area (Å²) < 4.78 is 11.3. The third-order valence-corrected chi connectivity index (χ3v) is 4.57. The van der Waals surface area contributed by atoms with Gasteiger partial charge in [-0.2, -0.15) is 0 Å². The summed E-state index contributed by atoms with van der Waals surface area (Å²) in [6, 6.07) is 11.7. The van der Waals surface area contributed by atoms with Crippen LogP contribution in [0.25, 0.3) is 6.08 Å². The van der Waals surface area contributed by atoms with Crippen LogP contribution >= 0.6 is 11.6 Å². The van der Waals surface area contributed by atoms with Crippen molar-refractivity contribution in [3.05, 3.63) is 64.2 Å². The van der Waals surface area contributed by atoms with Gasteiger partial charge in [0.15, 0.2) is 11.5 Å². The highest BCUT2D eigenvalue weighted by Gasteiger charge is 2.15. The number of fused-ring (bicyclic) bond motifs is 1. The highest BCUT2D eigenvalue weighted by Crippen LogP contribution is 2.38. The lowest BCUT2D eigenvalue weighted by molar-refractivity contribution is -0.125. The van der Waals surface area contributed by atoms with E-state index in [-0.39, 0.29) is 5.91 Å². The summed E-state index contributed by atoms with van der Waals surface area (Å²) in [7, 11) is 1.79. The van der Waals surface area contributed by atoms with Gasteiger partial charge in [-0.25, -0.2) is 0 Å². The monoisotopic (exact) mass is 371 g/mol. The number of amides is 1. The third-order valence-electron chi connectivity index (χ3n) is 4.29. The van der Waals surface area contributed by atoms with Gasteiger partial charge in [-0.1, -0.05) is 35.9 Å². The van der Waals surface area contributed by atoms with E-state index in [1.165, 1.54) is 5.56 Å². The van der Waals surface area contributed by atoms with Crippen LogP contribution in [0.3, 0.4) is 0 Å². The largest absolute Gasteiger partial charge is 0.489 e. The number of carbonyl (C=O) groups is 1. The van der Waals surface area contributed by atoms with Crippen molar-refractivity contribution >= 4 is 23.6 Å². The van der Waals surface area contributed by atoms with Crippen molar-refractivity contribution in [3.63, 3.8) is 0 Å². The number of hydrogen-bond donors (Lipinski definition) is 0. The number of halogens is 1. The molecular formula is C21H22ClNO3. The Hall–Kier alpha value is -2.46. The predicted molar refractivity (Wildman–Crippen MR) is 104 cm³/mol. The van der Waals surface area contributed by atoms with Gasteiger partial charge in [-0.05, 0) is 41.8 Å². The van der Waals surface area contributed by atoms with E-state index in [0.717, 1.165) is 17.5 Å². The number of benzene rings is 2. The molecule has 0 bridgehead atoms. The van der Waals surface area contributed by atoms with Crippen molar-refractivity contribution in [1.29, 1.82) is 0 Å². The van der Waals surface area contributed by atoms with Crippen LogP contribution in [0, 0.1) is 6.92 Å². The smallest absolute Gasteiger partial charge is 0.246 e. The van der Waals surface area contributed by atoms with Gasteiger partial charge in [0, 0.05) is 26.1 Å². The van der Waals surface area contributed by atoms with Crippen molar-refractivity contribution in [2.75, 3.05) is 20.3 Å². The second-order valence-electron chi connectivity index (χ2n) is 6.33. The number of ether oxygens (including phenoxy) is 2. The fraction of sp³-hybridized carbons (Fsp3) is 0.286. The van der Waals surface area contributed by atoms with Gasteiger partial charge in [0.1, 0.15) is 0 Å². The molecule has 136 valence electrons. The second-order valence-corrected chi connectivity index (χ2v) is 6.74. The first kappa shape index (κ1) is 18.3. The van der Waals surface area contributed by atoms with Crippen LogP contribution < -0.4 is 9.47 Å². The van der Waals surface area contributed by atoms with Crippen molar-refractivity contribution in [2.24, 2.45) is 0 Å². The SMILES string of the molecule is Cc1ccccc1CN(C)C(=O)/C=C/c1cc(Cl)c2c(c1)OCCCO2. The van der Waals surface area contributed by atoms with Crippen LogP contribution in [0.4, 0.5) is 0 Å². The highest BCUT2D eigenvalue weighted by molar-refractivity contribution is 6.32. The normalized spacial score (nSPS) is 13.5. The van der Waals surface area contributed by atoms with Crippen LogP contribution in [0.1, 0.15) is 23.1 Å². The van der Waals surface area contributed by atoms with Crippen molar-refractivity contribution in [3.8, 4) is 11.5 Å². The summed E-state index contributed by atoms with van der Waals surface area (Å²) in [4.78, 5) is 14.1. The van der Waals surface area contributed by atoms with E-state index in [4.69, 9.17) is 21.1 Å². The minimum atomic E-state index is -0.0727. The number of hydrogen-bond acceptors (Lipinski definition) is 3. The lowest BCUT2D eigenvalue weighted by Gasteiger charge is -2.16. The van der Waals surface area contributed by atoms with Gasteiger partial charge in [-0.3, -0.25) is 4.79 Å². The molecule has 5 heteroatoms. The van der Waals surface area contributed by atoms with E-state index in [9.17, 15) is 4.79 Å². The molecule has 26 heavy (non-hydrogen) atoms.